The number of carbonyl (C=O) groups excluding carboxylic acids is 2. The van der Waals surface area contributed by atoms with Crippen LogP contribution in [0.1, 0.15) is 25.3 Å². The van der Waals surface area contributed by atoms with E-state index in [1.807, 2.05) is 13.0 Å². The number of carbonyl (C=O) groups is 2. The number of likely N-dealkylation sites (tertiary alicyclic amines) is 1. The topological polar surface area (TPSA) is 49.4 Å². The van der Waals surface area contributed by atoms with Gasteiger partial charge in [-0.2, -0.15) is 0 Å². The summed E-state index contributed by atoms with van der Waals surface area (Å²) in [6.45, 7) is 3.69. The molecule has 0 aromatic heterocycles. The summed E-state index contributed by atoms with van der Waals surface area (Å²) in [5, 5.41) is 2.56. The maximum absolute atomic E-state index is 11.9. The Morgan fingerprint density at radius 2 is 1.85 bits per heavy atom. The van der Waals surface area contributed by atoms with Gasteiger partial charge in [0.25, 0.3) is 0 Å². The Morgan fingerprint density at radius 1 is 1.20 bits per heavy atom. The minimum absolute atomic E-state index is 0.384. The van der Waals surface area contributed by atoms with E-state index in [0.29, 0.717) is 25.6 Å². The van der Waals surface area contributed by atoms with Gasteiger partial charge >= 0.3 is 11.8 Å². The van der Waals surface area contributed by atoms with Crippen molar-refractivity contribution in [2.45, 2.75) is 26.2 Å². The van der Waals surface area contributed by atoms with Crippen LogP contribution in [0.25, 0.3) is 0 Å². The Bertz CT molecular complexity index is 451. The van der Waals surface area contributed by atoms with E-state index < -0.39 is 5.91 Å². The summed E-state index contributed by atoms with van der Waals surface area (Å²) in [7, 11) is 0. The maximum Gasteiger partial charge on any atom is 0.311 e. The molecule has 2 amide bonds. The minimum Gasteiger partial charge on any atom is -0.348 e. The molecule has 1 heterocycles. The molecule has 108 valence electrons. The summed E-state index contributed by atoms with van der Waals surface area (Å²) in [5.74, 6) is -0.255. The van der Waals surface area contributed by atoms with E-state index in [1.165, 1.54) is 5.56 Å². The fraction of sp³-hybridized carbons (Fsp3) is 0.500. The third-order valence-corrected chi connectivity index (χ3v) is 3.80. The molecule has 0 spiro atoms. The number of amides is 2. The third kappa shape index (κ3) is 3.83. The van der Waals surface area contributed by atoms with Gasteiger partial charge in [0.2, 0.25) is 0 Å². The van der Waals surface area contributed by atoms with Crippen molar-refractivity contribution in [2.75, 3.05) is 19.6 Å². The zero-order valence-corrected chi connectivity index (χ0v) is 12.0. The first-order chi connectivity index (χ1) is 9.70. The molecular formula is C16H22N2O2. The molecule has 4 heteroatoms. The normalized spacial score (nSPS) is 15.9. The monoisotopic (exact) mass is 274 g/mol. The fourth-order valence-corrected chi connectivity index (χ4v) is 2.67. The van der Waals surface area contributed by atoms with Gasteiger partial charge in [0.15, 0.2) is 0 Å². The van der Waals surface area contributed by atoms with Crippen molar-refractivity contribution >= 4 is 11.8 Å². The second-order valence-corrected chi connectivity index (χ2v) is 5.28. The number of piperidine rings is 1. The zero-order chi connectivity index (χ0) is 14.4. The van der Waals surface area contributed by atoms with Crippen LogP contribution >= 0.6 is 0 Å². The molecule has 1 saturated heterocycles. The van der Waals surface area contributed by atoms with Gasteiger partial charge in [-0.15, -0.1) is 0 Å². The Kier molecular flexibility index (Phi) is 5.16. The summed E-state index contributed by atoms with van der Waals surface area (Å²) in [5.41, 5.74) is 1.35. The molecular weight excluding hydrogens is 252 g/mol. The Morgan fingerprint density at radius 3 is 2.45 bits per heavy atom. The first-order valence-electron chi connectivity index (χ1n) is 7.31. The molecule has 20 heavy (non-hydrogen) atoms. The van der Waals surface area contributed by atoms with Crippen molar-refractivity contribution in [3.05, 3.63) is 35.9 Å². The van der Waals surface area contributed by atoms with Gasteiger partial charge in [0, 0.05) is 19.6 Å². The van der Waals surface area contributed by atoms with E-state index in [2.05, 4.69) is 29.6 Å². The fourth-order valence-electron chi connectivity index (χ4n) is 2.67. The minimum atomic E-state index is -0.478. The molecule has 1 aliphatic rings. The molecule has 0 radical (unpaired) electrons. The lowest BCUT2D eigenvalue weighted by molar-refractivity contribution is -0.146. The second kappa shape index (κ2) is 7.08. The Labute approximate surface area is 120 Å². The lowest BCUT2D eigenvalue weighted by Gasteiger charge is -2.31. The predicted octanol–water partition coefficient (Wildman–Crippen LogP) is 1.60. The SMILES string of the molecule is CCNC(=O)C(=O)N1CCC(Cc2ccccc2)CC1. The van der Waals surface area contributed by atoms with Crippen LogP contribution in [0.4, 0.5) is 0 Å². The van der Waals surface area contributed by atoms with E-state index in [1.54, 1.807) is 4.90 Å². The van der Waals surface area contributed by atoms with E-state index >= 15 is 0 Å². The third-order valence-electron chi connectivity index (χ3n) is 3.80. The average molecular weight is 274 g/mol. The quantitative estimate of drug-likeness (QED) is 0.851. The van der Waals surface area contributed by atoms with Gasteiger partial charge in [-0.3, -0.25) is 9.59 Å². The highest BCUT2D eigenvalue weighted by Crippen LogP contribution is 2.21. The van der Waals surface area contributed by atoms with Gasteiger partial charge in [-0.1, -0.05) is 30.3 Å². The van der Waals surface area contributed by atoms with Gasteiger partial charge in [-0.25, -0.2) is 0 Å². The molecule has 0 unspecified atom stereocenters. The lowest BCUT2D eigenvalue weighted by atomic mass is 9.90. The van der Waals surface area contributed by atoms with Crippen LogP contribution in [0.2, 0.25) is 0 Å². The van der Waals surface area contributed by atoms with Crippen molar-refractivity contribution in [1.29, 1.82) is 0 Å². The number of nitrogens with zero attached hydrogens (tertiary/aromatic N) is 1. The smallest absolute Gasteiger partial charge is 0.311 e. The molecule has 2 rings (SSSR count). The largest absolute Gasteiger partial charge is 0.348 e. The van der Waals surface area contributed by atoms with Crippen molar-refractivity contribution in [3.63, 3.8) is 0 Å². The number of rotatable bonds is 3. The second-order valence-electron chi connectivity index (χ2n) is 5.28. The van der Waals surface area contributed by atoms with E-state index in [0.717, 1.165) is 19.3 Å². The van der Waals surface area contributed by atoms with Crippen LogP contribution in [0.3, 0.4) is 0 Å². The number of hydrogen-bond acceptors (Lipinski definition) is 2. The van der Waals surface area contributed by atoms with E-state index in [4.69, 9.17) is 0 Å². The predicted molar refractivity (Wildman–Crippen MR) is 78.1 cm³/mol. The highest BCUT2D eigenvalue weighted by molar-refractivity contribution is 6.35. The van der Waals surface area contributed by atoms with Crippen molar-refractivity contribution in [3.8, 4) is 0 Å². The average Bonchev–Trinajstić information content (AvgIpc) is 2.48. The summed E-state index contributed by atoms with van der Waals surface area (Å²) >= 11 is 0. The number of benzene rings is 1. The standard InChI is InChI=1S/C16H22N2O2/c1-2-17-15(19)16(20)18-10-8-14(9-11-18)12-13-6-4-3-5-7-13/h3-7,14H,2,8-12H2,1H3,(H,17,19). The molecule has 1 aromatic rings. The summed E-state index contributed by atoms with van der Waals surface area (Å²) < 4.78 is 0. The molecule has 0 bridgehead atoms. The molecule has 0 atom stereocenters. The van der Waals surface area contributed by atoms with Crippen molar-refractivity contribution in [2.24, 2.45) is 5.92 Å². The van der Waals surface area contributed by atoms with Crippen LogP contribution in [-0.2, 0) is 16.0 Å². The summed E-state index contributed by atoms with van der Waals surface area (Å²) in [4.78, 5) is 25.1. The van der Waals surface area contributed by atoms with E-state index in [9.17, 15) is 9.59 Å². The molecule has 1 fully saturated rings. The van der Waals surface area contributed by atoms with Crippen LogP contribution in [0, 0.1) is 5.92 Å². The molecule has 0 saturated carbocycles. The van der Waals surface area contributed by atoms with Gasteiger partial charge in [0.1, 0.15) is 0 Å². The molecule has 1 N–H and O–H groups in total. The van der Waals surface area contributed by atoms with E-state index in [-0.39, 0.29) is 5.91 Å². The van der Waals surface area contributed by atoms with Gasteiger partial charge in [0.05, 0.1) is 0 Å². The van der Waals surface area contributed by atoms with Crippen LogP contribution in [-0.4, -0.2) is 36.3 Å². The zero-order valence-electron chi connectivity index (χ0n) is 12.0. The Hall–Kier alpha value is -1.84. The van der Waals surface area contributed by atoms with Crippen LogP contribution in [0.15, 0.2) is 30.3 Å². The number of likely N-dealkylation sites (N-methyl/N-ethyl adjacent to an activating group) is 1. The molecule has 0 aliphatic carbocycles. The van der Waals surface area contributed by atoms with Crippen LogP contribution in [0.5, 0.6) is 0 Å². The number of nitrogens with one attached hydrogen (secondary N) is 1. The highest BCUT2D eigenvalue weighted by Gasteiger charge is 2.26. The molecule has 1 aliphatic heterocycles. The van der Waals surface area contributed by atoms with Crippen molar-refractivity contribution < 1.29 is 9.59 Å². The number of hydrogen-bond donors (Lipinski definition) is 1. The van der Waals surface area contributed by atoms with Crippen molar-refractivity contribution in [1.82, 2.24) is 10.2 Å². The Balaban J connectivity index is 1.80. The van der Waals surface area contributed by atoms with Gasteiger partial charge < -0.3 is 10.2 Å². The first-order valence-corrected chi connectivity index (χ1v) is 7.31. The summed E-state index contributed by atoms with van der Waals surface area (Å²) in [6.07, 6.45) is 3.00. The molecule has 4 nitrogen and oxygen atoms in total. The van der Waals surface area contributed by atoms with Crippen LogP contribution < -0.4 is 5.32 Å². The highest BCUT2D eigenvalue weighted by atomic mass is 16.2. The molecule has 1 aromatic carbocycles. The lowest BCUT2D eigenvalue weighted by Crippen LogP contribution is -2.46. The summed E-state index contributed by atoms with van der Waals surface area (Å²) in [6, 6.07) is 10.4. The first kappa shape index (κ1) is 14.6. The van der Waals surface area contributed by atoms with Gasteiger partial charge in [-0.05, 0) is 37.7 Å². The maximum atomic E-state index is 11.9.